The number of hydrogen-bond donors (Lipinski definition) is 2. The Balaban J connectivity index is 1.78. The van der Waals surface area contributed by atoms with Crippen LogP contribution in [0.1, 0.15) is 5.69 Å². The molecule has 2 N–H and O–H groups in total. The van der Waals surface area contributed by atoms with Gasteiger partial charge in [-0.25, -0.2) is 4.98 Å². The van der Waals surface area contributed by atoms with Gasteiger partial charge >= 0.3 is 0 Å². The molecule has 0 saturated carbocycles. The summed E-state index contributed by atoms with van der Waals surface area (Å²) in [4.78, 5) is 7.05. The monoisotopic (exact) mass is 229 g/mol. The molecule has 0 radical (unpaired) electrons. The first-order valence-corrected chi connectivity index (χ1v) is 5.98. The van der Waals surface area contributed by atoms with Gasteiger partial charge in [-0.05, 0) is 35.0 Å². The van der Waals surface area contributed by atoms with Crippen LogP contribution in [0.15, 0.2) is 42.2 Å². The van der Waals surface area contributed by atoms with Crippen molar-refractivity contribution in [3.8, 4) is 0 Å². The molecule has 0 aliphatic heterocycles. The van der Waals surface area contributed by atoms with E-state index in [-0.39, 0.29) is 0 Å². The molecule has 80 valence electrons. The number of fused-ring (bicyclic) bond motifs is 1. The molecule has 0 atom stereocenters. The van der Waals surface area contributed by atoms with E-state index in [9.17, 15) is 0 Å². The van der Waals surface area contributed by atoms with Gasteiger partial charge in [0.2, 0.25) is 0 Å². The van der Waals surface area contributed by atoms with Crippen molar-refractivity contribution in [3.63, 3.8) is 0 Å². The number of anilines is 1. The highest BCUT2D eigenvalue weighted by atomic mass is 32.1. The molecule has 0 fully saturated rings. The second-order valence-electron chi connectivity index (χ2n) is 3.60. The molecule has 3 aromatic rings. The molecule has 0 aliphatic carbocycles. The van der Waals surface area contributed by atoms with Gasteiger partial charge in [0.25, 0.3) is 0 Å². The van der Waals surface area contributed by atoms with Crippen molar-refractivity contribution in [1.82, 2.24) is 9.97 Å². The largest absolute Gasteiger partial charge is 0.379 e. The third-order valence-electron chi connectivity index (χ3n) is 2.49. The third-order valence-corrected chi connectivity index (χ3v) is 3.39. The summed E-state index contributed by atoms with van der Waals surface area (Å²) in [7, 11) is 0. The zero-order chi connectivity index (χ0) is 10.8. The summed E-state index contributed by atoms with van der Waals surface area (Å²) in [6.07, 6.45) is 3.52. The Labute approximate surface area is 97.2 Å². The molecule has 4 heteroatoms. The van der Waals surface area contributed by atoms with Crippen LogP contribution in [-0.2, 0) is 6.54 Å². The number of aromatic nitrogens is 2. The van der Waals surface area contributed by atoms with Crippen LogP contribution in [0.5, 0.6) is 0 Å². The lowest BCUT2D eigenvalue weighted by atomic mass is 10.2. The number of imidazole rings is 1. The van der Waals surface area contributed by atoms with E-state index in [1.54, 1.807) is 17.7 Å². The number of thiophene rings is 1. The van der Waals surface area contributed by atoms with Gasteiger partial charge in [-0.2, -0.15) is 0 Å². The lowest BCUT2D eigenvalue weighted by Gasteiger charge is -2.04. The second-order valence-corrected chi connectivity index (χ2v) is 4.55. The van der Waals surface area contributed by atoms with E-state index in [1.165, 1.54) is 10.1 Å². The summed E-state index contributed by atoms with van der Waals surface area (Å²) >= 11 is 1.77. The maximum Gasteiger partial charge on any atom is 0.0922 e. The number of hydrogen-bond acceptors (Lipinski definition) is 3. The molecule has 0 bridgehead atoms. The first-order valence-electron chi connectivity index (χ1n) is 5.10. The van der Waals surface area contributed by atoms with Crippen molar-refractivity contribution in [2.45, 2.75) is 6.54 Å². The summed E-state index contributed by atoms with van der Waals surface area (Å²) in [5.41, 5.74) is 2.23. The minimum Gasteiger partial charge on any atom is -0.379 e. The summed E-state index contributed by atoms with van der Waals surface area (Å²) in [5, 5.41) is 6.77. The molecule has 0 spiro atoms. The average Bonchev–Trinajstić information content (AvgIpc) is 2.97. The van der Waals surface area contributed by atoms with Crippen molar-refractivity contribution in [2.75, 3.05) is 5.32 Å². The molecule has 0 unspecified atom stereocenters. The average molecular weight is 229 g/mol. The van der Waals surface area contributed by atoms with Crippen LogP contribution in [0.2, 0.25) is 0 Å². The third kappa shape index (κ3) is 1.79. The Hall–Kier alpha value is -1.81. The highest BCUT2D eigenvalue weighted by molar-refractivity contribution is 7.17. The topological polar surface area (TPSA) is 40.7 Å². The number of aromatic amines is 1. The molecular weight excluding hydrogens is 218 g/mol. The van der Waals surface area contributed by atoms with Gasteiger partial charge < -0.3 is 10.3 Å². The van der Waals surface area contributed by atoms with Crippen molar-refractivity contribution in [2.24, 2.45) is 0 Å². The van der Waals surface area contributed by atoms with Gasteiger partial charge in [0, 0.05) is 16.6 Å². The lowest BCUT2D eigenvalue weighted by molar-refractivity contribution is 1.08. The van der Waals surface area contributed by atoms with E-state index in [0.717, 1.165) is 17.9 Å². The van der Waals surface area contributed by atoms with Gasteiger partial charge in [0.05, 0.1) is 18.6 Å². The molecule has 2 aromatic heterocycles. The minimum atomic E-state index is 0.773. The number of benzene rings is 1. The Morgan fingerprint density at radius 3 is 3.19 bits per heavy atom. The van der Waals surface area contributed by atoms with Crippen molar-refractivity contribution >= 4 is 27.1 Å². The fourth-order valence-corrected chi connectivity index (χ4v) is 2.43. The summed E-state index contributed by atoms with van der Waals surface area (Å²) < 4.78 is 1.33. The van der Waals surface area contributed by atoms with E-state index in [4.69, 9.17) is 0 Å². The predicted molar refractivity (Wildman–Crippen MR) is 67.7 cm³/mol. The molecule has 3 nitrogen and oxygen atoms in total. The first-order chi connectivity index (χ1) is 7.92. The normalized spacial score (nSPS) is 10.8. The standard InChI is InChI=1S/C12H11N3S/c1-2-12-9(3-4-16-12)5-10(1)14-7-11-6-13-8-15-11/h1-6,8,14H,7H2,(H,13,15). The number of nitrogens with zero attached hydrogens (tertiary/aromatic N) is 1. The SMILES string of the molecule is c1ncc(CNc2ccc3sccc3c2)[nH]1. The molecular formula is C12H11N3S. The molecule has 16 heavy (non-hydrogen) atoms. The highest BCUT2D eigenvalue weighted by Crippen LogP contribution is 2.24. The zero-order valence-electron chi connectivity index (χ0n) is 8.60. The predicted octanol–water partition coefficient (Wildman–Crippen LogP) is 3.24. The fraction of sp³-hybridized carbons (Fsp3) is 0.0833. The second kappa shape index (κ2) is 3.98. The van der Waals surface area contributed by atoms with E-state index in [1.807, 2.05) is 6.20 Å². The summed E-state index contributed by atoms with van der Waals surface area (Å²) in [6, 6.07) is 8.56. The Morgan fingerprint density at radius 1 is 1.31 bits per heavy atom. The van der Waals surface area contributed by atoms with Crippen LogP contribution in [0.3, 0.4) is 0 Å². The molecule has 0 saturated heterocycles. The van der Waals surface area contributed by atoms with Gasteiger partial charge in [-0.1, -0.05) is 0 Å². The van der Waals surface area contributed by atoms with Crippen LogP contribution in [-0.4, -0.2) is 9.97 Å². The maximum absolute atomic E-state index is 3.98. The smallest absolute Gasteiger partial charge is 0.0922 e. The quantitative estimate of drug-likeness (QED) is 0.724. The molecule has 3 rings (SSSR count). The number of H-pyrrole nitrogens is 1. The Morgan fingerprint density at radius 2 is 2.31 bits per heavy atom. The zero-order valence-corrected chi connectivity index (χ0v) is 9.42. The maximum atomic E-state index is 3.98. The van der Waals surface area contributed by atoms with Crippen molar-refractivity contribution in [3.05, 3.63) is 47.9 Å². The van der Waals surface area contributed by atoms with Crippen LogP contribution in [0.4, 0.5) is 5.69 Å². The Bertz CT molecular complexity index is 583. The number of nitrogens with one attached hydrogen (secondary N) is 2. The van der Waals surface area contributed by atoms with Crippen LogP contribution < -0.4 is 5.32 Å². The van der Waals surface area contributed by atoms with Crippen LogP contribution in [0.25, 0.3) is 10.1 Å². The van der Waals surface area contributed by atoms with E-state index in [2.05, 4.69) is 44.9 Å². The Kier molecular flexibility index (Phi) is 2.34. The molecule has 0 aliphatic rings. The summed E-state index contributed by atoms with van der Waals surface area (Å²) in [5.74, 6) is 0. The van der Waals surface area contributed by atoms with Gasteiger partial charge in [0.1, 0.15) is 0 Å². The van der Waals surface area contributed by atoms with E-state index < -0.39 is 0 Å². The molecule has 0 amide bonds. The van der Waals surface area contributed by atoms with Crippen LogP contribution >= 0.6 is 11.3 Å². The molecule has 2 heterocycles. The van der Waals surface area contributed by atoms with Gasteiger partial charge in [0.15, 0.2) is 0 Å². The minimum absolute atomic E-state index is 0.773. The van der Waals surface area contributed by atoms with E-state index >= 15 is 0 Å². The fourth-order valence-electron chi connectivity index (χ4n) is 1.66. The number of rotatable bonds is 3. The van der Waals surface area contributed by atoms with Gasteiger partial charge in [-0.15, -0.1) is 11.3 Å². The lowest BCUT2D eigenvalue weighted by Crippen LogP contribution is -1.98. The van der Waals surface area contributed by atoms with Crippen molar-refractivity contribution < 1.29 is 0 Å². The first kappa shape index (κ1) is 9.42. The molecule has 1 aromatic carbocycles. The van der Waals surface area contributed by atoms with Crippen LogP contribution in [0, 0.1) is 0 Å². The highest BCUT2D eigenvalue weighted by Gasteiger charge is 1.98. The van der Waals surface area contributed by atoms with Crippen molar-refractivity contribution in [1.29, 1.82) is 0 Å². The summed E-state index contributed by atoms with van der Waals surface area (Å²) in [6.45, 7) is 0.773. The van der Waals surface area contributed by atoms with Gasteiger partial charge in [-0.3, -0.25) is 0 Å². The van der Waals surface area contributed by atoms with E-state index in [0.29, 0.717) is 0 Å².